The van der Waals surface area contributed by atoms with E-state index in [-0.39, 0.29) is 17.2 Å². The fourth-order valence-electron chi connectivity index (χ4n) is 3.54. The van der Waals surface area contributed by atoms with Gasteiger partial charge in [-0.25, -0.2) is 0 Å². The van der Waals surface area contributed by atoms with E-state index < -0.39 is 6.04 Å². The number of hydrogen-bond acceptors (Lipinski definition) is 5. The maximum Gasteiger partial charge on any atom is 0.256 e. The highest BCUT2D eigenvalue weighted by molar-refractivity contribution is 7.99. The van der Waals surface area contributed by atoms with Gasteiger partial charge in [-0.05, 0) is 29.3 Å². The second-order valence-corrected chi connectivity index (χ2v) is 7.52. The molecule has 2 aromatic carbocycles. The van der Waals surface area contributed by atoms with Crippen LogP contribution in [0.25, 0.3) is 0 Å². The van der Waals surface area contributed by atoms with Crippen LogP contribution in [0.5, 0.6) is 11.5 Å². The van der Waals surface area contributed by atoms with Crippen LogP contribution in [0.3, 0.4) is 0 Å². The zero-order chi connectivity index (χ0) is 19.0. The molecule has 0 radical (unpaired) electrons. The summed E-state index contributed by atoms with van der Waals surface area (Å²) in [5.41, 5.74) is 2.61. The van der Waals surface area contributed by atoms with E-state index in [1.54, 1.807) is 30.9 Å². The van der Waals surface area contributed by atoms with Gasteiger partial charge in [0, 0.05) is 17.9 Å². The smallest absolute Gasteiger partial charge is 0.256 e. The van der Waals surface area contributed by atoms with Crippen LogP contribution in [-0.4, -0.2) is 42.7 Å². The van der Waals surface area contributed by atoms with Gasteiger partial charge in [0.2, 0.25) is 5.91 Å². The lowest BCUT2D eigenvalue weighted by atomic mass is 10.1. The van der Waals surface area contributed by atoms with Crippen molar-refractivity contribution in [2.45, 2.75) is 18.0 Å². The summed E-state index contributed by atoms with van der Waals surface area (Å²) in [5, 5.41) is 2.88. The van der Waals surface area contributed by atoms with Gasteiger partial charge in [-0.1, -0.05) is 24.3 Å². The van der Waals surface area contributed by atoms with Crippen molar-refractivity contribution in [2.24, 2.45) is 0 Å². The molecule has 2 heterocycles. The van der Waals surface area contributed by atoms with Gasteiger partial charge in [-0.3, -0.25) is 9.59 Å². The van der Waals surface area contributed by atoms with Crippen LogP contribution in [0.15, 0.2) is 42.5 Å². The molecule has 0 saturated carbocycles. The van der Waals surface area contributed by atoms with Crippen molar-refractivity contribution in [3.63, 3.8) is 0 Å². The van der Waals surface area contributed by atoms with Crippen LogP contribution < -0.4 is 14.8 Å². The summed E-state index contributed by atoms with van der Waals surface area (Å²) in [7, 11) is 3.16. The molecule has 140 valence electrons. The monoisotopic (exact) mass is 384 g/mol. The fraction of sp³-hybridized carbons (Fsp3) is 0.300. The van der Waals surface area contributed by atoms with Crippen molar-refractivity contribution in [3.05, 3.63) is 59.2 Å². The first-order chi connectivity index (χ1) is 13.1. The van der Waals surface area contributed by atoms with Crippen molar-refractivity contribution in [2.75, 3.05) is 20.0 Å². The molecule has 4 rings (SSSR count). The molecule has 0 aliphatic carbocycles. The Hall–Kier alpha value is -2.67. The van der Waals surface area contributed by atoms with E-state index in [2.05, 4.69) is 5.32 Å². The second-order valence-electron chi connectivity index (χ2n) is 6.41. The average Bonchev–Trinajstić information content (AvgIpc) is 3.26. The van der Waals surface area contributed by atoms with Gasteiger partial charge in [0.25, 0.3) is 5.91 Å². The molecule has 2 amide bonds. The molecular formula is C20H20N2O4S. The van der Waals surface area contributed by atoms with E-state index in [1.165, 1.54) is 0 Å². The average molecular weight is 384 g/mol. The number of nitrogens with one attached hydrogen (secondary N) is 1. The number of amides is 2. The number of rotatable bonds is 5. The van der Waals surface area contributed by atoms with E-state index >= 15 is 0 Å². The van der Waals surface area contributed by atoms with Crippen LogP contribution in [0, 0.1) is 0 Å². The summed E-state index contributed by atoms with van der Waals surface area (Å²) in [4.78, 5) is 27.2. The Morgan fingerprint density at radius 3 is 2.74 bits per heavy atom. The Balaban J connectivity index is 1.45. The van der Waals surface area contributed by atoms with Gasteiger partial charge in [-0.2, -0.15) is 0 Å². The number of ether oxygens (including phenoxy) is 2. The van der Waals surface area contributed by atoms with Gasteiger partial charge in [0.15, 0.2) is 11.5 Å². The number of carbonyl (C=O) groups is 2. The van der Waals surface area contributed by atoms with Gasteiger partial charge in [0.1, 0.15) is 11.4 Å². The first-order valence-electron chi connectivity index (χ1n) is 8.66. The number of fused-ring (bicyclic) bond motifs is 3. The molecule has 6 nitrogen and oxygen atoms in total. The third-order valence-electron chi connectivity index (χ3n) is 4.91. The minimum absolute atomic E-state index is 0.0631. The number of benzene rings is 2. The quantitative estimate of drug-likeness (QED) is 0.858. The SMILES string of the molecule is COc1ccc(CNC(=O)C2CSC3c4ccccc4C(=O)N23)cc1OC. The van der Waals surface area contributed by atoms with Crippen LogP contribution in [-0.2, 0) is 11.3 Å². The Bertz CT molecular complexity index is 901. The summed E-state index contributed by atoms with van der Waals surface area (Å²) in [6.07, 6.45) is 0. The molecule has 0 aromatic heterocycles. The normalized spacial score (nSPS) is 20.2. The minimum Gasteiger partial charge on any atom is -0.493 e. The predicted octanol–water partition coefficient (Wildman–Crippen LogP) is 2.59. The van der Waals surface area contributed by atoms with Crippen molar-refractivity contribution in [1.82, 2.24) is 10.2 Å². The molecule has 1 saturated heterocycles. The van der Waals surface area contributed by atoms with Gasteiger partial charge < -0.3 is 19.7 Å². The van der Waals surface area contributed by atoms with E-state index in [1.807, 2.05) is 42.5 Å². The Morgan fingerprint density at radius 2 is 1.96 bits per heavy atom. The molecule has 0 spiro atoms. The number of nitrogens with zero attached hydrogens (tertiary/aromatic N) is 1. The number of methoxy groups -OCH3 is 2. The molecule has 2 unspecified atom stereocenters. The van der Waals surface area contributed by atoms with Crippen LogP contribution in [0.4, 0.5) is 0 Å². The van der Waals surface area contributed by atoms with Crippen molar-refractivity contribution in [3.8, 4) is 11.5 Å². The maximum atomic E-state index is 12.8. The van der Waals surface area contributed by atoms with Gasteiger partial charge in [-0.15, -0.1) is 11.8 Å². The molecule has 1 N–H and O–H groups in total. The summed E-state index contributed by atoms with van der Waals surface area (Å²) in [6, 6.07) is 12.6. The lowest BCUT2D eigenvalue weighted by Gasteiger charge is -2.22. The van der Waals surface area contributed by atoms with E-state index in [0.717, 1.165) is 11.1 Å². The van der Waals surface area contributed by atoms with Crippen molar-refractivity contribution in [1.29, 1.82) is 0 Å². The molecule has 7 heteroatoms. The minimum atomic E-state index is -0.458. The molecule has 2 atom stereocenters. The third-order valence-corrected chi connectivity index (χ3v) is 6.21. The topological polar surface area (TPSA) is 67.9 Å². The zero-order valence-electron chi connectivity index (χ0n) is 15.1. The summed E-state index contributed by atoms with van der Waals surface area (Å²) >= 11 is 1.64. The zero-order valence-corrected chi connectivity index (χ0v) is 15.9. The van der Waals surface area contributed by atoms with Crippen molar-refractivity contribution >= 4 is 23.6 Å². The maximum absolute atomic E-state index is 12.8. The second kappa shape index (κ2) is 7.15. The van der Waals surface area contributed by atoms with E-state index in [9.17, 15) is 9.59 Å². The summed E-state index contributed by atoms with van der Waals surface area (Å²) < 4.78 is 10.5. The summed E-state index contributed by atoms with van der Waals surface area (Å²) in [6.45, 7) is 0.361. The third kappa shape index (κ3) is 3.02. The lowest BCUT2D eigenvalue weighted by Crippen LogP contribution is -2.45. The van der Waals surface area contributed by atoms with Crippen LogP contribution in [0.2, 0.25) is 0 Å². The number of thioether (sulfide) groups is 1. The number of carbonyl (C=O) groups excluding carboxylic acids is 2. The first-order valence-corrected chi connectivity index (χ1v) is 9.70. The Morgan fingerprint density at radius 1 is 1.19 bits per heavy atom. The molecule has 0 bridgehead atoms. The molecule has 1 fully saturated rings. The first kappa shape index (κ1) is 17.7. The van der Waals surface area contributed by atoms with E-state index in [0.29, 0.717) is 29.4 Å². The highest BCUT2D eigenvalue weighted by Gasteiger charge is 2.48. The van der Waals surface area contributed by atoms with Crippen molar-refractivity contribution < 1.29 is 19.1 Å². The molecule has 2 aliphatic heterocycles. The standard InChI is InChI=1S/C20H20N2O4S/c1-25-16-8-7-12(9-17(16)26-2)10-21-18(23)15-11-27-20-14-6-4-3-5-13(14)19(24)22(15)20/h3-9,15,20H,10-11H2,1-2H3,(H,21,23). The number of hydrogen-bond donors (Lipinski definition) is 1. The van der Waals surface area contributed by atoms with Gasteiger partial charge in [0.05, 0.1) is 14.2 Å². The fourth-order valence-corrected chi connectivity index (χ4v) is 5.00. The molecular weight excluding hydrogens is 364 g/mol. The predicted molar refractivity (Wildman–Crippen MR) is 103 cm³/mol. The molecule has 27 heavy (non-hydrogen) atoms. The van der Waals surface area contributed by atoms with E-state index in [4.69, 9.17) is 9.47 Å². The summed E-state index contributed by atoms with van der Waals surface area (Å²) in [5.74, 6) is 1.66. The largest absolute Gasteiger partial charge is 0.493 e. The Labute approximate surface area is 161 Å². The highest BCUT2D eigenvalue weighted by atomic mass is 32.2. The van der Waals surface area contributed by atoms with Crippen LogP contribution in [0.1, 0.15) is 26.9 Å². The molecule has 2 aliphatic rings. The van der Waals surface area contributed by atoms with Gasteiger partial charge >= 0.3 is 0 Å². The lowest BCUT2D eigenvalue weighted by molar-refractivity contribution is -0.124. The molecule has 2 aromatic rings. The highest BCUT2D eigenvalue weighted by Crippen LogP contribution is 2.48. The Kier molecular flexibility index (Phi) is 4.70. The van der Waals surface area contributed by atoms with Crippen LogP contribution >= 0.6 is 11.8 Å².